The number of aliphatic hydroxyl groups is 1. The molecule has 1 fully saturated rings. The van der Waals surface area contributed by atoms with Crippen molar-refractivity contribution in [1.29, 1.82) is 0 Å². The van der Waals surface area contributed by atoms with Crippen LogP contribution in [0, 0.1) is 0 Å². The highest BCUT2D eigenvalue weighted by Gasteiger charge is 2.21. The minimum absolute atomic E-state index is 0.0507. The molecule has 1 aliphatic rings. The number of likely N-dealkylation sites (tertiary alicyclic amines) is 1. The molecule has 1 aromatic rings. The van der Waals surface area contributed by atoms with Gasteiger partial charge in [-0.25, -0.2) is 13.1 Å². The van der Waals surface area contributed by atoms with Gasteiger partial charge in [-0.05, 0) is 44.5 Å². The molecular weight excluding hydrogens is 328 g/mol. The van der Waals surface area contributed by atoms with Crippen molar-refractivity contribution in [2.45, 2.75) is 31.7 Å². The normalized spacial score (nSPS) is 19.3. The molecule has 0 aromatic heterocycles. The first-order chi connectivity index (χ1) is 11.6. The number of rotatable bonds is 10. The summed E-state index contributed by atoms with van der Waals surface area (Å²) in [6, 6.07) is 9.42. The van der Waals surface area contributed by atoms with E-state index in [0.717, 1.165) is 38.8 Å². The monoisotopic (exact) mass is 356 g/mol. The Morgan fingerprint density at radius 2 is 2.04 bits per heavy atom. The predicted octanol–water partition coefficient (Wildman–Crippen LogP) is 1.22. The van der Waals surface area contributed by atoms with Crippen molar-refractivity contribution in [3.8, 4) is 5.75 Å². The van der Waals surface area contributed by atoms with Gasteiger partial charge in [0.15, 0.2) is 0 Å². The fraction of sp³-hybridized carbons (Fsp3) is 0.647. The third kappa shape index (κ3) is 6.76. The largest absolute Gasteiger partial charge is 0.492 e. The minimum Gasteiger partial charge on any atom is -0.492 e. The van der Waals surface area contributed by atoms with Crippen LogP contribution < -0.4 is 9.46 Å². The number of benzene rings is 1. The quantitative estimate of drug-likeness (QED) is 0.616. The van der Waals surface area contributed by atoms with Gasteiger partial charge >= 0.3 is 0 Å². The Bertz CT molecular complexity index is 565. The van der Waals surface area contributed by atoms with Crippen LogP contribution in [0.4, 0.5) is 0 Å². The van der Waals surface area contributed by atoms with Gasteiger partial charge in [-0.1, -0.05) is 24.6 Å². The van der Waals surface area contributed by atoms with Crippen LogP contribution in [0.3, 0.4) is 0 Å². The van der Waals surface area contributed by atoms with Crippen LogP contribution in [-0.4, -0.2) is 63.1 Å². The summed E-state index contributed by atoms with van der Waals surface area (Å²) in [6.45, 7) is 2.54. The number of aliphatic hydroxyl groups excluding tert-OH is 1. The van der Waals surface area contributed by atoms with Crippen molar-refractivity contribution < 1.29 is 18.3 Å². The maximum absolute atomic E-state index is 11.9. The highest BCUT2D eigenvalue weighted by Crippen LogP contribution is 2.16. The summed E-state index contributed by atoms with van der Waals surface area (Å²) in [4.78, 5) is 2.26. The molecule has 0 bridgehead atoms. The van der Waals surface area contributed by atoms with Crippen molar-refractivity contribution in [3.05, 3.63) is 30.3 Å². The van der Waals surface area contributed by atoms with Crippen LogP contribution in [0.5, 0.6) is 5.75 Å². The van der Waals surface area contributed by atoms with E-state index in [1.807, 2.05) is 18.2 Å². The lowest BCUT2D eigenvalue weighted by Crippen LogP contribution is -2.43. The summed E-state index contributed by atoms with van der Waals surface area (Å²) in [6.07, 6.45) is 4.09. The second-order valence-corrected chi connectivity index (χ2v) is 8.02. The van der Waals surface area contributed by atoms with E-state index < -0.39 is 10.0 Å². The highest BCUT2D eigenvalue weighted by molar-refractivity contribution is 7.89. The average molecular weight is 356 g/mol. The van der Waals surface area contributed by atoms with Gasteiger partial charge in [0.2, 0.25) is 10.0 Å². The summed E-state index contributed by atoms with van der Waals surface area (Å²) in [5.41, 5.74) is 0. The van der Waals surface area contributed by atoms with Crippen molar-refractivity contribution in [2.75, 3.05) is 38.6 Å². The first-order valence-electron chi connectivity index (χ1n) is 8.61. The van der Waals surface area contributed by atoms with Crippen LogP contribution in [0.25, 0.3) is 0 Å². The smallest absolute Gasteiger partial charge is 0.214 e. The predicted molar refractivity (Wildman–Crippen MR) is 94.6 cm³/mol. The number of nitrogens with zero attached hydrogens (tertiary/aromatic N) is 1. The fourth-order valence-corrected chi connectivity index (χ4v) is 3.83. The number of hydrogen-bond acceptors (Lipinski definition) is 5. The zero-order valence-electron chi connectivity index (χ0n) is 14.1. The zero-order valence-corrected chi connectivity index (χ0v) is 14.9. The lowest BCUT2D eigenvalue weighted by Gasteiger charge is -2.34. The molecular formula is C17H28N2O4S. The molecule has 1 atom stereocenters. The Morgan fingerprint density at radius 1 is 1.25 bits per heavy atom. The van der Waals surface area contributed by atoms with E-state index in [1.54, 1.807) is 12.1 Å². The molecule has 6 nitrogen and oxygen atoms in total. The zero-order chi connectivity index (χ0) is 17.3. The molecule has 1 heterocycles. The molecule has 1 aliphatic heterocycles. The van der Waals surface area contributed by atoms with Crippen LogP contribution in [0.1, 0.15) is 25.7 Å². The van der Waals surface area contributed by atoms with E-state index in [2.05, 4.69) is 9.62 Å². The minimum atomic E-state index is -3.32. The summed E-state index contributed by atoms with van der Waals surface area (Å²) in [7, 11) is -3.32. The van der Waals surface area contributed by atoms with Crippen molar-refractivity contribution in [1.82, 2.24) is 9.62 Å². The fourth-order valence-electron chi connectivity index (χ4n) is 2.93. The first-order valence-corrected chi connectivity index (χ1v) is 10.3. The number of piperidine rings is 1. The third-order valence-electron chi connectivity index (χ3n) is 4.27. The third-order valence-corrected chi connectivity index (χ3v) is 5.62. The molecule has 0 spiro atoms. The Morgan fingerprint density at radius 3 is 2.79 bits per heavy atom. The van der Waals surface area contributed by atoms with Crippen molar-refractivity contribution in [3.63, 3.8) is 0 Å². The first kappa shape index (κ1) is 19.2. The van der Waals surface area contributed by atoms with E-state index in [0.29, 0.717) is 12.3 Å². The molecule has 2 N–H and O–H groups in total. The number of hydrogen-bond donors (Lipinski definition) is 2. The summed E-state index contributed by atoms with van der Waals surface area (Å²) in [5, 5.41) is 9.37. The maximum atomic E-state index is 11.9. The van der Waals surface area contributed by atoms with Crippen LogP contribution in [-0.2, 0) is 10.0 Å². The number of nitrogens with one attached hydrogen (secondary N) is 1. The van der Waals surface area contributed by atoms with E-state index in [4.69, 9.17) is 4.74 Å². The molecule has 0 saturated carbocycles. The van der Waals surface area contributed by atoms with Gasteiger partial charge in [0.05, 0.1) is 12.4 Å². The van der Waals surface area contributed by atoms with Gasteiger partial charge in [-0.2, -0.15) is 0 Å². The molecule has 1 aromatic carbocycles. The standard InChI is InChI=1S/C17H28N2O4S/c20-15-16-7-4-5-11-19(16)12-6-10-18-24(21,22)14-13-23-17-8-2-1-3-9-17/h1-3,8-9,16,18,20H,4-7,10-15H2/t16-/m0/s1. The number of sulfonamides is 1. The van der Waals surface area contributed by atoms with Gasteiger partial charge in [0.1, 0.15) is 12.4 Å². The SMILES string of the molecule is O=S(=O)(CCOc1ccccc1)NCCCN1CCCC[C@H]1CO. The second kappa shape index (κ2) is 9.98. The van der Waals surface area contributed by atoms with E-state index >= 15 is 0 Å². The van der Waals surface area contributed by atoms with E-state index in [1.165, 1.54) is 0 Å². The topological polar surface area (TPSA) is 78.9 Å². The highest BCUT2D eigenvalue weighted by atomic mass is 32.2. The van der Waals surface area contributed by atoms with Crippen LogP contribution >= 0.6 is 0 Å². The number of ether oxygens (including phenoxy) is 1. The summed E-state index contributed by atoms with van der Waals surface area (Å²) < 4.78 is 31.9. The molecule has 1 saturated heterocycles. The molecule has 2 rings (SSSR count). The molecule has 7 heteroatoms. The Hall–Kier alpha value is -1.15. The Kier molecular flexibility index (Phi) is 7.98. The lowest BCUT2D eigenvalue weighted by atomic mass is 10.0. The molecule has 0 unspecified atom stereocenters. The van der Waals surface area contributed by atoms with E-state index in [9.17, 15) is 13.5 Å². The van der Waals surface area contributed by atoms with Crippen LogP contribution in [0.15, 0.2) is 30.3 Å². The van der Waals surface area contributed by atoms with Gasteiger partial charge in [-0.3, -0.25) is 4.90 Å². The molecule has 0 amide bonds. The van der Waals surface area contributed by atoms with Gasteiger partial charge in [0, 0.05) is 12.6 Å². The van der Waals surface area contributed by atoms with Crippen LogP contribution in [0.2, 0.25) is 0 Å². The second-order valence-electron chi connectivity index (χ2n) is 6.10. The Labute approximate surface area is 144 Å². The lowest BCUT2D eigenvalue weighted by molar-refractivity contribution is 0.0896. The molecule has 0 aliphatic carbocycles. The summed E-state index contributed by atoms with van der Waals surface area (Å²) >= 11 is 0. The van der Waals surface area contributed by atoms with E-state index in [-0.39, 0.29) is 25.0 Å². The molecule has 136 valence electrons. The Balaban J connectivity index is 1.61. The van der Waals surface area contributed by atoms with Gasteiger partial charge in [0.25, 0.3) is 0 Å². The number of para-hydroxylation sites is 1. The molecule has 0 radical (unpaired) electrons. The van der Waals surface area contributed by atoms with Gasteiger partial charge < -0.3 is 9.84 Å². The van der Waals surface area contributed by atoms with Crippen molar-refractivity contribution >= 4 is 10.0 Å². The van der Waals surface area contributed by atoms with Gasteiger partial charge in [-0.15, -0.1) is 0 Å². The maximum Gasteiger partial charge on any atom is 0.214 e. The van der Waals surface area contributed by atoms with Crippen molar-refractivity contribution in [2.24, 2.45) is 0 Å². The average Bonchev–Trinajstić information content (AvgIpc) is 2.60. The molecule has 24 heavy (non-hydrogen) atoms. The summed E-state index contributed by atoms with van der Waals surface area (Å²) in [5.74, 6) is 0.623.